The standard InChI is InChI=1S/C22H23FN2O2/c1-16-5-6-21-18(11-16)13-19(15-24-7-9-27-10-8-24)22(26)25(21)14-17-3-2-4-20(23)12-17/h2-6,11-13H,7-10,14-15H2,1H3. The number of ether oxygens (including phenoxy) is 1. The fourth-order valence-corrected chi connectivity index (χ4v) is 3.66. The molecule has 4 nitrogen and oxygen atoms in total. The van der Waals surface area contributed by atoms with E-state index in [-0.39, 0.29) is 11.4 Å². The molecular weight excluding hydrogens is 343 g/mol. The molecule has 0 radical (unpaired) electrons. The number of morpholine rings is 1. The van der Waals surface area contributed by atoms with Gasteiger partial charge in [-0.05, 0) is 48.2 Å². The van der Waals surface area contributed by atoms with Gasteiger partial charge in [0.05, 0.1) is 25.3 Å². The molecule has 1 saturated heterocycles. The number of hydrogen-bond donors (Lipinski definition) is 0. The highest BCUT2D eigenvalue weighted by Gasteiger charge is 2.16. The molecule has 0 saturated carbocycles. The number of hydrogen-bond acceptors (Lipinski definition) is 3. The summed E-state index contributed by atoms with van der Waals surface area (Å²) in [5.41, 5.74) is 3.56. The van der Waals surface area contributed by atoms with Crippen LogP contribution in [-0.4, -0.2) is 35.8 Å². The van der Waals surface area contributed by atoms with Crippen molar-refractivity contribution in [1.82, 2.24) is 9.47 Å². The van der Waals surface area contributed by atoms with Crippen molar-refractivity contribution in [2.45, 2.75) is 20.0 Å². The molecule has 0 amide bonds. The molecule has 3 aromatic rings. The van der Waals surface area contributed by atoms with Crippen LogP contribution in [0.15, 0.2) is 53.3 Å². The molecule has 5 heteroatoms. The van der Waals surface area contributed by atoms with Gasteiger partial charge in [-0.1, -0.05) is 23.8 Å². The molecule has 1 aliphatic heterocycles. The van der Waals surface area contributed by atoms with Crippen molar-refractivity contribution in [2.75, 3.05) is 26.3 Å². The molecule has 27 heavy (non-hydrogen) atoms. The van der Waals surface area contributed by atoms with Crippen molar-refractivity contribution in [3.63, 3.8) is 0 Å². The van der Waals surface area contributed by atoms with Gasteiger partial charge in [0.25, 0.3) is 5.56 Å². The Hall–Kier alpha value is -2.50. The number of pyridine rings is 1. The van der Waals surface area contributed by atoms with Gasteiger partial charge in [0, 0.05) is 25.2 Å². The maximum absolute atomic E-state index is 13.6. The molecular formula is C22H23FN2O2. The molecule has 0 aliphatic carbocycles. The van der Waals surface area contributed by atoms with Crippen LogP contribution in [0.4, 0.5) is 4.39 Å². The van der Waals surface area contributed by atoms with Crippen molar-refractivity contribution in [3.8, 4) is 0 Å². The highest BCUT2D eigenvalue weighted by Crippen LogP contribution is 2.18. The number of fused-ring (bicyclic) bond motifs is 1. The van der Waals surface area contributed by atoms with Crippen LogP contribution in [0.1, 0.15) is 16.7 Å². The summed E-state index contributed by atoms with van der Waals surface area (Å²) >= 11 is 0. The van der Waals surface area contributed by atoms with E-state index in [0.29, 0.717) is 26.3 Å². The van der Waals surface area contributed by atoms with Gasteiger partial charge in [-0.3, -0.25) is 9.69 Å². The summed E-state index contributed by atoms with van der Waals surface area (Å²) in [6, 6.07) is 14.5. The lowest BCUT2D eigenvalue weighted by Gasteiger charge is -2.26. The lowest BCUT2D eigenvalue weighted by molar-refractivity contribution is 0.0340. The minimum atomic E-state index is -0.287. The van der Waals surface area contributed by atoms with Crippen molar-refractivity contribution in [3.05, 3.63) is 81.4 Å². The maximum Gasteiger partial charge on any atom is 0.255 e. The van der Waals surface area contributed by atoms with E-state index in [0.717, 1.165) is 40.7 Å². The quantitative estimate of drug-likeness (QED) is 0.710. The molecule has 0 atom stereocenters. The van der Waals surface area contributed by atoms with Crippen LogP contribution < -0.4 is 5.56 Å². The van der Waals surface area contributed by atoms with Crippen LogP contribution in [0.3, 0.4) is 0 Å². The zero-order valence-corrected chi connectivity index (χ0v) is 15.5. The van der Waals surface area contributed by atoms with E-state index in [1.54, 1.807) is 10.6 Å². The van der Waals surface area contributed by atoms with Crippen LogP contribution >= 0.6 is 0 Å². The maximum atomic E-state index is 13.6. The van der Waals surface area contributed by atoms with E-state index >= 15 is 0 Å². The zero-order valence-electron chi connectivity index (χ0n) is 15.5. The van der Waals surface area contributed by atoms with Crippen molar-refractivity contribution in [1.29, 1.82) is 0 Å². The van der Waals surface area contributed by atoms with Crippen molar-refractivity contribution < 1.29 is 9.13 Å². The van der Waals surface area contributed by atoms with E-state index in [2.05, 4.69) is 11.0 Å². The van der Waals surface area contributed by atoms with Crippen LogP contribution in [-0.2, 0) is 17.8 Å². The second kappa shape index (κ2) is 7.62. The minimum absolute atomic E-state index is 0.0119. The highest BCUT2D eigenvalue weighted by atomic mass is 19.1. The van der Waals surface area contributed by atoms with Crippen LogP contribution in [0, 0.1) is 12.7 Å². The number of rotatable bonds is 4. The smallest absolute Gasteiger partial charge is 0.255 e. The zero-order chi connectivity index (χ0) is 18.8. The molecule has 4 rings (SSSR count). The third kappa shape index (κ3) is 3.94. The summed E-state index contributed by atoms with van der Waals surface area (Å²) in [4.78, 5) is 15.5. The number of benzene rings is 2. The topological polar surface area (TPSA) is 34.5 Å². The van der Waals surface area contributed by atoms with Crippen molar-refractivity contribution in [2.24, 2.45) is 0 Å². The van der Waals surface area contributed by atoms with Gasteiger partial charge >= 0.3 is 0 Å². The fourth-order valence-electron chi connectivity index (χ4n) is 3.66. The molecule has 0 unspecified atom stereocenters. The first kappa shape index (κ1) is 17.9. The summed E-state index contributed by atoms with van der Waals surface area (Å²) in [6.07, 6.45) is 0. The highest BCUT2D eigenvalue weighted by molar-refractivity contribution is 5.80. The first-order valence-electron chi connectivity index (χ1n) is 9.28. The van der Waals surface area contributed by atoms with Gasteiger partial charge in [-0.25, -0.2) is 4.39 Å². The van der Waals surface area contributed by atoms with Crippen LogP contribution in [0.25, 0.3) is 10.9 Å². The monoisotopic (exact) mass is 366 g/mol. The normalized spacial score (nSPS) is 15.3. The van der Waals surface area contributed by atoms with Crippen LogP contribution in [0.2, 0.25) is 0 Å². The molecule has 0 spiro atoms. The van der Waals surface area contributed by atoms with Gasteiger partial charge in [-0.2, -0.15) is 0 Å². The second-order valence-corrected chi connectivity index (χ2v) is 7.14. The minimum Gasteiger partial charge on any atom is -0.379 e. The van der Waals surface area contributed by atoms with Gasteiger partial charge in [0.15, 0.2) is 0 Å². The number of aryl methyl sites for hydroxylation is 1. The Morgan fingerprint density at radius 2 is 1.85 bits per heavy atom. The van der Waals surface area contributed by atoms with Gasteiger partial charge in [0.2, 0.25) is 0 Å². The summed E-state index contributed by atoms with van der Waals surface area (Å²) in [7, 11) is 0. The Balaban J connectivity index is 1.79. The Labute approximate surface area is 157 Å². The van der Waals surface area contributed by atoms with E-state index in [1.807, 2.05) is 31.2 Å². The SMILES string of the molecule is Cc1ccc2c(c1)cc(CN1CCOCC1)c(=O)n2Cc1cccc(F)c1. The average Bonchev–Trinajstić information content (AvgIpc) is 2.66. The number of aromatic nitrogens is 1. The third-order valence-electron chi connectivity index (χ3n) is 5.05. The van der Waals surface area contributed by atoms with E-state index < -0.39 is 0 Å². The predicted molar refractivity (Wildman–Crippen MR) is 105 cm³/mol. The molecule has 1 fully saturated rings. The molecule has 1 aliphatic rings. The fraction of sp³-hybridized carbons (Fsp3) is 0.318. The van der Waals surface area contributed by atoms with Crippen LogP contribution in [0.5, 0.6) is 0 Å². The predicted octanol–water partition coefficient (Wildman–Crippen LogP) is 3.33. The number of nitrogens with zero attached hydrogens (tertiary/aromatic N) is 2. The lowest BCUT2D eigenvalue weighted by atomic mass is 10.1. The van der Waals surface area contributed by atoms with Crippen molar-refractivity contribution >= 4 is 10.9 Å². The lowest BCUT2D eigenvalue weighted by Crippen LogP contribution is -2.38. The Morgan fingerprint density at radius 1 is 1.04 bits per heavy atom. The van der Waals surface area contributed by atoms with E-state index in [1.165, 1.54) is 12.1 Å². The van der Waals surface area contributed by atoms with Gasteiger partial charge in [-0.15, -0.1) is 0 Å². The Morgan fingerprint density at radius 3 is 2.63 bits per heavy atom. The van der Waals surface area contributed by atoms with E-state index in [4.69, 9.17) is 4.74 Å². The largest absolute Gasteiger partial charge is 0.379 e. The summed E-state index contributed by atoms with van der Waals surface area (Å²) in [5, 5.41) is 1.04. The molecule has 0 bridgehead atoms. The summed E-state index contributed by atoms with van der Waals surface area (Å²) in [5.74, 6) is -0.287. The first-order valence-corrected chi connectivity index (χ1v) is 9.28. The Kier molecular flexibility index (Phi) is 5.05. The Bertz CT molecular complexity index is 1020. The first-order chi connectivity index (χ1) is 13.1. The van der Waals surface area contributed by atoms with Gasteiger partial charge in [0.1, 0.15) is 5.82 Å². The molecule has 140 valence electrons. The molecule has 1 aromatic heterocycles. The van der Waals surface area contributed by atoms with E-state index in [9.17, 15) is 9.18 Å². The second-order valence-electron chi connectivity index (χ2n) is 7.14. The molecule has 0 N–H and O–H groups in total. The number of halogens is 1. The molecule has 2 aromatic carbocycles. The molecule has 2 heterocycles. The third-order valence-corrected chi connectivity index (χ3v) is 5.05. The average molecular weight is 366 g/mol. The summed E-state index contributed by atoms with van der Waals surface area (Å²) in [6.45, 7) is 6.06. The summed E-state index contributed by atoms with van der Waals surface area (Å²) < 4.78 is 20.8. The van der Waals surface area contributed by atoms with Gasteiger partial charge < -0.3 is 9.30 Å².